The smallest absolute Gasteiger partial charge is 0.244 e. The van der Waals surface area contributed by atoms with Crippen molar-refractivity contribution in [2.24, 2.45) is 5.73 Å². The Morgan fingerprint density at radius 3 is 2.76 bits per heavy atom. The van der Waals surface area contributed by atoms with Crippen LogP contribution in [0.1, 0.15) is 17.5 Å². The number of benzene rings is 1. The van der Waals surface area contributed by atoms with Crippen LogP contribution in [0.15, 0.2) is 12.1 Å². The lowest BCUT2D eigenvalue weighted by molar-refractivity contribution is -0.118. The lowest BCUT2D eigenvalue weighted by Gasteiger charge is -2.21. The highest BCUT2D eigenvalue weighted by atomic mass is 16.2. The summed E-state index contributed by atoms with van der Waals surface area (Å²) < 4.78 is 0. The number of nitriles is 1. The van der Waals surface area contributed by atoms with Crippen molar-refractivity contribution in [2.75, 3.05) is 17.2 Å². The standard InChI is InChI=1S/C12H14N4O/c1-7-8(6-13)2-3-9(14)11(7)16-5-4-10(15)12(16)17/h2-3,10H,4-5,14-15H2,1H3/t10-/m0/s1. The first-order chi connectivity index (χ1) is 8.06. The minimum absolute atomic E-state index is 0.130. The van der Waals surface area contributed by atoms with Gasteiger partial charge in [-0.3, -0.25) is 4.79 Å². The van der Waals surface area contributed by atoms with E-state index in [9.17, 15) is 4.79 Å². The van der Waals surface area contributed by atoms with Crippen LogP contribution in [0.25, 0.3) is 0 Å². The molecule has 88 valence electrons. The maximum absolute atomic E-state index is 11.9. The molecule has 0 saturated carbocycles. The number of rotatable bonds is 1. The third-order valence-corrected chi connectivity index (χ3v) is 3.10. The van der Waals surface area contributed by atoms with E-state index in [1.165, 1.54) is 0 Å². The average Bonchev–Trinajstić information content (AvgIpc) is 2.62. The molecule has 1 saturated heterocycles. The highest BCUT2D eigenvalue weighted by molar-refractivity contribution is 6.02. The van der Waals surface area contributed by atoms with Gasteiger partial charge in [0.15, 0.2) is 0 Å². The van der Waals surface area contributed by atoms with Crippen LogP contribution < -0.4 is 16.4 Å². The quantitative estimate of drug-likeness (QED) is 0.687. The molecular weight excluding hydrogens is 216 g/mol. The average molecular weight is 230 g/mol. The normalized spacial score (nSPS) is 19.5. The van der Waals surface area contributed by atoms with E-state index in [1.54, 1.807) is 24.0 Å². The Kier molecular flexibility index (Phi) is 2.74. The van der Waals surface area contributed by atoms with Gasteiger partial charge in [-0.25, -0.2) is 0 Å². The van der Waals surface area contributed by atoms with E-state index in [1.807, 2.05) is 0 Å². The Balaban J connectivity index is 2.53. The molecule has 5 heteroatoms. The van der Waals surface area contributed by atoms with E-state index >= 15 is 0 Å². The number of hydrogen-bond donors (Lipinski definition) is 2. The number of nitrogens with zero attached hydrogens (tertiary/aromatic N) is 2. The van der Waals surface area contributed by atoms with Crippen LogP contribution in [-0.4, -0.2) is 18.5 Å². The van der Waals surface area contributed by atoms with Crippen LogP contribution in [0.5, 0.6) is 0 Å². The SMILES string of the molecule is Cc1c(C#N)ccc(N)c1N1CC[C@H](N)C1=O. The van der Waals surface area contributed by atoms with E-state index in [4.69, 9.17) is 16.7 Å². The number of anilines is 2. The van der Waals surface area contributed by atoms with Gasteiger partial charge in [0.2, 0.25) is 5.91 Å². The second-order valence-corrected chi connectivity index (χ2v) is 4.17. The van der Waals surface area contributed by atoms with E-state index < -0.39 is 6.04 Å². The Morgan fingerprint density at radius 1 is 1.53 bits per heavy atom. The predicted octanol–water partition coefficient (Wildman–Crippen LogP) is 0.513. The van der Waals surface area contributed by atoms with Crippen LogP contribution in [-0.2, 0) is 4.79 Å². The van der Waals surface area contributed by atoms with Crippen molar-refractivity contribution in [2.45, 2.75) is 19.4 Å². The number of hydrogen-bond acceptors (Lipinski definition) is 4. The zero-order chi connectivity index (χ0) is 12.6. The molecular formula is C12H14N4O. The van der Waals surface area contributed by atoms with Gasteiger partial charge < -0.3 is 16.4 Å². The third-order valence-electron chi connectivity index (χ3n) is 3.10. The molecule has 1 aromatic rings. The number of amides is 1. The van der Waals surface area contributed by atoms with Gasteiger partial charge >= 0.3 is 0 Å². The van der Waals surface area contributed by atoms with E-state index in [2.05, 4.69) is 6.07 Å². The second-order valence-electron chi connectivity index (χ2n) is 4.17. The Morgan fingerprint density at radius 2 is 2.24 bits per heavy atom. The molecule has 1 aromatic carbocycles. The second kappa shape index (κ2) is 4.07. The minimum atomic E-state index is -0.459. The summed E-state index contributed by atoms with van der Waals surface area (Å²) in [5, 5.41) is 8.98. The molecule has 1 amide bonds. The van der Waals surface area contributed by atoms with Crippen LogP contribution >= 0.6 is 0 Å². The first kappa shape index (κ1) is 11.4. The maximum atomic E-state index is 11.9. The fraction of sp³-hybridized carbons (Fsp3) is 0.333. The Bertz CT molecular complexity index is 518. The molecule has 0 bridgehead atoms. The number of nitrogen functional groups attached to an aromatic ring is 1. The zero-order valence-electron chi connectivity index (χ0n) is 9.60. The summed E-state index contributed by atoms with van der Waals surface area (Å²) in [4.78, 5) is 13.5. The van der Waals surface area contributed by atoms with Crippen molar-refractivity contribution in [3.05, 3.63) is 23.3 Å². The van der Waals surface area contributed by atoms with E-state index in [0.29, 0.717) is 29.9 Å². The van der Waals surface area contributed by atoms with Crippen molar-refractivity contribution in [1.29, 1.82) is 5.26 Å². The first-order valence-electron chi connectivity index (χ1n) is 5.42. The summed E-state index contributed by atoms with van der Waals surface area (Å²) >= 11 is 0. The monoisotopic (exact) mass is 230 g/mol. The Hall–Kier alpha value is -2.06. The van der Waals surface area contributed by atoms with Gasteiger partial charge in [0.25, 0.3) is 0 Å². The van der Waals surface area contributed by atoms with Crippen molar-refractivity contribution in [3.63, 3.8) is 0 Å². The molecule has 0 radical (unpaired) electrons. The molecule has 0 aliphatic carbocycles. The molecule has 1 fully saturated rings. The molecule has 0 unspecified atom stereocenters. The fourth-order valence-corrected chi connectivity index (χ4v) is 2.12. The van der Waals surface area contributed by atoms with E-state index in [-0.39, 0.29) is 5.91 Å². The molecule has 0 aromatic heterocycles. The van der Waals surface area contributed by atoms with Crippen LogP contribution in [0.2, 0.25) is 0 Å². The van der Waals surface area contributed by atoms with Gasteiger partial charge in [-0.05, 0) is 31.0 Å². The predicted molar refractivity (Wildman–Crippen MR) is 65.3 cm³/mol. The molecule has 5 nitrogen and oxygen atoms in total. The van der Waals surface area contributed by atoms with Crippen LogP contribution in [0, 0.1) is 18.3 Å². The van der Waals surface area contributed by atoms with E-state index in [0.717, 1.165) is 5.56 Å². The van der Waals surface area contributed by atoms with Gasteiger partial charge in [0.1, 0.15) is 0 Å². The molecule has 1 heterocycles. The summed E-state index contributed by atoms with van der Waals surface area (Å²) in [5.41, 5.74) is 14.0. The van der Waals surface area contributed by atoms with Crippen molar-refractivity contribution >= 4 is 17.3 Å². The van der Waals surface area contributed by atoms with Crippen molar-refractivity contribution < 1.29 is 4.79 Å². The van der Waals surface area contributed by atoms with Gasteiger partial charge in [-0.1, -0.05) is 0 Å². The fourth-order valence-electron chi connectivity index (χ4n) is 2.12. The summed E-state index contributed by atoms with van der Waals surface area (Å²) in [7, 11) is 0. The zero-order valence-corrected chi connectivity index (χ0v) is 9.60. The lowest BCUT2D eigenvalue weighted by Crippen LogP contribution is -2.34. The molecule has 1 aliphatic rings. The van der Waals surface area contributed by atoms with Crippen molar-refractivity contribution in [3.8, 4) is 6.07 Å². The maximum Gasteiger partial charge on any atom is 0.244 e. The van der Waals surface area contributed by atoms with Crippen LogP contribution in [0.4, 0.5) is 11.4 Å². The molecule has 4 N–H and O–H groups in total. The molecule has 1 aliphatic heterocycles. The first-order valence-corrected chi connectivity index (χ1v) is 5.42. The highest BCUT2D eigenvalue weighted by Gasteiger charge is 2.31. The highest BCUT2D eigenvalue weighted by Crippen LogP contribution is 2.32. The molecule has 1 atom stereocenters. The molecule has 2 rings (SSSR count). The summed E-state index contributed by atoms with van der Waals surface area (Å²) in [6, 6.07) is 4.94. The lowest BCUT2D eigenvalue weighted by atomic mass is 10.1. The largest absolute Gasteiger partial charge is 0.397 e. The van der Waals surface area contributed by atoms with Gasteiger partial charge in [0, 0.05) is 6.54 Å². The van der Waals surface area contributed by atoms with Crippen molar-refractivity contribution in [1.82, 2.24) is 0 Å². The number of nitrogens with two attached hydrogens (primary N) is 2. The summed E-state index contributed by atoms with van der Waals surface area (Å²) in [5.74, 6) is -0.130. The van der Waals surface area contributed by atoms with Gasteiger partial charge in [-0.15, -0.1) is 0 Å². The van der Waals surface area contributed by atoms with Gasteiger partial charge in [-0.2, -0.15) is 5.26 Å². The third kappa shape index (κ3) is 1.73. The summed E-state index contributed by atoms with van der Waals surface area (Å²) in [6.07, 6.45) is 0.620. The van der Waals surface area contributed by atoms with Crippen LogP contribution in [0.3, 0.4) is 0 Å². The molecule has 0 spiro atoms. The summed E-state index contributed by atoms with van der Waals surface area (Å²) in [6.45, 7) is 2.35. The topological polar surface area (TPSA) is 96.1 Å². The minimum Gasteiger partial charge on any atom is -0.397 e. The van der Waals surface area contributed by atoms with Gasteiger partial charge in [0.05, 0.1) is 29.0 Å². The number of carbonyl (C=O) groups is 1. The number of carbonyl (C=O) groups excluding carboxylic acids is 1. The Labute approximate surface area is 99.6 Å². The molecule has 17 heavy (non-hydrogen) atoms.